The van der Waals surface area contributed by atoms with Gasteiger partial charge in [0, 0.05) is 0 Å². The molecule has 1 nitrogen and oxygen atoms in total. The molecule has 0 saturated carbocycles. The van der Waals surface area contributed by atoms with Crippen molar-refractivity contribution < 1.29 is 0 Å². The van der Waals surface area contributed by atoms with Crippen molar-refractivity contribution in [3.8, 4) is 0 Å². The number of nitrogens with one attached hydrogen (secondary N) is 1. The lowest BCUT2D eigenvalue weighted by Crippen LogP contribution is -2.17. The maximum atomic E-state index is 3.55. The van der Waals surface area contributed by atoms with Crippen LogP contribution in [0.2, 0.25) is 0 Å². The summed E-state index contributed by atoms with van der Waals surface area (Å²) in [5.74, 6) is 0. The van der Waals surface area contributed by atoms with Crippen molar-refractivity contribution in [1.82, 2.24) is 5.32 Å². The zero-order valence-corrected chi connectivity index (χ0v) is 13.5. The van der Waals surface area contributed by atoms with Gasteiger partial charge in [-0.25, -0.2) is 0 Å². The minimum atomic E-state index is 0.301. The minimum Gasteiger partial charge on any atom is -0.309 e. The second-order valence-electron chi connectivity index (χ2n) is 5.14. The van der Waals surface area contributed by atoms with E-state index in [4.69, 9.17) is 0 Å². The van der Waals surface area contributed by atoms with E-state index in [-0.39, 0.29) is 0 Å². The van der Waals surface area contributed by atoms with Crippen LogP contribution >= 0.6 is 27.3 Å². The highest BCUT2D eigenvalue weighted by Crippen LogP contribution is 2.31. The lowest BCUT2D eigenvalue weighted by molar-refractivity contribution is 0.669. The van der Waals surface area contributed by atoms with Crippen molar-refractivity contribution in [3.63, 3.8) is 0 Å². The molecule has 0 bridgehead atoms. The minimum absolute atomic E-state index is 0.301. The molecule has 1 aliphatic carbocycles. The van der Waals surface area contributed by atoms with Crippen LogP contribution in [0.25, 0.3) is 0 Å². The lowest BCUT2D eigenvalue weighted by atomic mass is 9.88. The van der Waals surface area contributed by atoms with Crippen LogP contribution in [0.3, 0.4) is 0 Å². The molecule has 1 heterocycles. The van der Waals surface area contributed by atoms with Gasteiger partial charge in [0.1, 0.15) is 0 Å². The first kappa shape index (κ1) is 13.3. The number of hydrogen-bond acceptors (Lipinski definition) is 2. The van der Waals surface area contributed by atoms with Crippen molar-refractivity contribution in [3.05, 3.63) is 55.7 Å². The summed E-state index contributed by atoms with van der Waals surface area (Å²) < 4.78 is 1.20. The smallest absolute Gasteiger partial charge is 0.0701 e. The van der Waals surface area contributed by atoms with E-state index in [1.54, 1.807) is 22.5 Å². The predicted octanol–water partition coefficient (Wildman–Crippen LogP) is 4.70. The van der Waals surface area contributed by atoms with Crippen molar-refractivity contribution in [2.75, 3.05) is 7.05 Å². The first-order chi connectivity index (χ1) is 9.28. The SMILES string of the molecule is CNC(c1csc(Br)c1)c1ccc2c(c1)CCCC2. The van der Waals surface area contributed by atoms with Crippen LogP contribution in [0, 0.1) is 0 Å². The van der Waals surface area contributed by atoms with Crippen molar-refractivity contribution >= 4 is 27.3 Å². The molecular formula is C16H18BrNS. The maximum Gasteiger partial charge on any atom is 0.0701 e. The number of thiophene rings is 1. The molecule has 0 amide bonds. The largest absolute Gasteiger partial charge is 0.309 e. The average Bonchev–Trinajstić information content (AvgIpc) is 2.86. The Bertz CT molecular complexity index is 576. The van der Waals surface area contributed by atoms with E-state index in [2.05, 4.69) is 50.9 Å². The molecule has 0 spiro atoms. The Morgan fingerprint density at radius 3 is 2.58 bits per heavy atom. The Hall–Kier alpha value is -0.640. The summed E-state index contributed by atoms with van der Waals surface area (Å²) in [5.41, 5.74) is 5.83. The highest BCUT2D eigenvalue weighted by molar-refractivity contribution is 9.11. The van der Waals surface area contributed by atoms with Gasteiger partial charge in [-0.3, -0.25) is 0 Å². The Balaban J connectivity index is 1.95. The molecule has 100 valence electrons. The van der Waals surface area contributed by atoms with Gasteiger partial charge in [-0.15, -0.1) is 11.3 Å². The summed E-state index contributed by atoms with van der Waals surface area (Å²) >= 11 is 5.30. The number of benzene rings is 1. The second kappa shape index (κ2) is 5.78. The van der Waals surface area contributed by atoms with Gasteiger partial charge in [0.2, 0.25) is 0 Å². The van der Waals surface area contributed by atoms with Gasteiger partial charge in [-0.1, -0.05) is 18.2 Å². The number of rotatable bonds is 3. The van der Waals surface area contributed by atoms with E-state index in [1.807, 2.05) is 7.05 Å². The predicted molar refractivity (Wildman–Crippen MR) is 86.0 cm³/mol. The fourth-order valence-corrected chi connectivity index (χ4v) is 4.14. The van der Waals surface area contributed by atoms with Crippen molar-refractivity contribution in [1.29, 1.82) is 0 Å². The molecule has 1 aromatic carbocycles. The van der Waals surface area contributed by atoms with Gasteiger partial charge >= 0.3 is 0 Å². The van der Waals surface area contributed by atoms with E-state index in [0.717, 1.165) is 0 Å². The number of fused-ring (bicyclic) bond motifs is 1. The molecule has 1 atom stereocenters. The summed E-state index contributed by atoms with van der Waals surface area (Å²) in [4.78, 5) is 0. The molecule has 0 saturated heterocycles. The van der Waals surface area contributed by atoms with Gasteiger partial charge < -0.3 is 5.32 Å². The number of hydrogen-bond donors (Lipinski definition) is 1. The van der Waals surface area contributed by atoms with Crippen molar-refractivity contribution in [2.24, 2.45) is 0 Å². The highest BCUT2D eigenvalue weighted by Gasteiger charge is 2.16. The molecule has 2 aromatic rings. The molecule has 1 aliphatic rings. The topological polar surface area (TPSA) is 12.0 Å². The first-order valence-electron chi connectivity index (χ1n) is 6.81. The molecule has 0 fully saturated rings. The Kier molecular flexibility index (Phi) is 4.06. The molecular weight excluding hydrogens is 318 g/mol. The van der Waals surface area contributed by atoms with Gasteiger partial charge in [0.15, 0.2) is 0 Å². The number of aryl methyl sites for hydroxylation is 2. The zero-order valence-electron chi connectivity index (χ0n) is 11.1. The lowest BCUT2D eigenvalue weighted by Gasteiger charge is -2.21. The van der Waals surface area contributed by atoms with Crippen LogP contribution in [0.15, 0.2) is 33.4 Å². The summed E-state index contributed by atoms with van der Waals surface area (Å²) in [6.07, 6.45) is 5.18. The average molecular weight is 336 g/mol. The van der Waals surface area contributed by atoms with E-state index in [1.165, 1.54) is 40.6 Å². The fraction of sp³-hybridized carbons (Fsp3) is 0.375. The summed E-state index contributed by atoms with van der Waals surface area (Å²) in [5, 5.41) is 5.67. The Labute approximate surface area is 127 Å². The molecule has 19 heavy (non-hydrogen) atoms. The van der Waals surface area contributed by atoms with Crippen molar-refractivity contribution in [2.45, 2.75) is 31.7 Å². The monoisotopic (exact) mass is 335 g/mol. The zero-order chi connectivity index (χ0) is 13.2. The normalized spacial score (nSPS) is 16.1. The van der Waals surface area contributed by atoms with Crippen LogP contribution in [0.1, 0.15) is 41.1 Å². The summed E-state index contributed by atoms with van der Waals surface area (Å²) in [6.45, 7) is 0. The third-order valence-corrected chi connectivity index (χ3v) is 5.44. The third-order valence-electron chi connectivity index (χ3n) is 3.92. The molecule has 1 unspecified atom stereocenters. The maximum absolute atomic E-state index is 3.55. The second-order valence-corrected chi connectivity index (χ2v) is 7.43. The van der Waals surface area contributed by atoms with E-state index in [9.17, 15) is 0 Å². The van der Waals surface area contributed by atoms with Crippen LogP contribution in [-0.4, -0.2) is 7.05 Å². The molecule has 3 rings (SSSR count). The van der Waals surface area contributed by atoms with Gasteiger partial charge in [0.25, 0.3) is 0 Å². The Morgan fingerprint density at radius 1 is 1.11 bits per heavy atom. The summed E-state index contributed by atoms with van der Waals surface area (Å²) in [6, 6.07) is 9.54. The molecule has 1 aromatic heterocycles. The van der Waals surface area contributed by atoms with Gasteiger partial charge in [-0.05, 0) is 82.4 Å². The Morgan fingerprint density at radius 2 is 1.89 bits per heavy atom. The van der Waals surface area contributed by atoms with E-state index in [0.29, 0.717) is 6.04 Å². The van der Waals surface area contributed by atoms with E-state index >= 15 is 0 Å². The van der Waals surface area contributed by atoms with Crippen LogP contribution in [-0.2, 0) is 12.8 Å². The van der Waals surface area contributed by atoms with Crippen LogP contribution in [0.5, 0.6) is 0 Å². The number of halogens is 1. The molecule has 1 N–H and O–H groups in total. The quantitative estimate of drug-likeness (QED) is 0.857. The molecule has 0 aliphatic heterocycles. The first-order valence-corrected chi connectivity index (χ1v) is 8.48. The van der Waals surface area contributed by atoms with E-state index < -0.39 is 0 Å². The van der Waals surface area contributed by atoms with Gasteiger partial charge in [0.05, 0.1) is 9.83 Å². The van der Waals surface area contributed by atoms with Crippen LogP contribution in [0.4, 0.5) is 0 Å². The highest BCUT2D eigenvalue weighted by atomic mass is 79.9. The third kappa shape index (κ3) is 2.78. The van der Waals surface area contributed by atoms with Gasteiger partial charge in [-0.2, -0.15) is 0 Å². The standard InChI is InChI=1S/C16H18BrNS/c1-18-16(14-9-15(17)19-10-14)13-7-6-11-4-2-3-5-12(11)8-13/h6-10,16,18H,2-5H2,1H3. The van der Waals surface area contributed by atoms with Crippen LogP contribution < -0.4 is 5.32 Å². The molecule has 3 heteroatoms. The fourth-order valence-electron chi connectivity index (χ4n) is 2.93. The summed E-state index contributed by atoms with van der Waals surface area (Å²) in [7, 11) is 2.04. The molecule has 0 radical (unpaired) electrons.